The van der Waals surface area contributed by atoms with E-state index in [9.17, 15) is 9.59 Å². The van der Waals surface area contributed by atoms with Crippen LogP contribution in [0.1, 0.15) is 36.4 Å². The SMILES string of the molecule is COc1cccc(C2C3C(=O)CC(c4ccc(Cl)cc4)C=C3Nc3ccccc3N2C(C)=O)c1. The molecule has 0 bridgehead atoms. The lowest BCUT2D eigenvalue weighted by Crippen LogP contribution is -2.41. The van der Waals surface area contributed by atoms with Gasteiger partial charge in [-0.15, -0.1) is 0 Å². The monoisotopic (exact) mass is 472 g/mol. The maximum absolute atomic E-state index is 13.8. The molecular formula is C28H25ClN2O3. The summed E-state index contributed by atoms with van der Waals surface area (Å²) in [4.78, 5) is 28.6. The summed E-state index contributed by atoms with van der Waals surface area (Å²) in [6.07, 6.45) is 2.48. The van der Waals surface area contributed by atoms with Crippen molar-refractivity contribution in [1.82, 2.24) is 0 Å². The number of anilines is 2. The third-order valence-corrected chi connectivity index (χ3v) is 6.84. The minimum Gasteiger partial charge on any atom is -0.497 e. The summed E-state index contributed by atoms with van der Waals surface area (Å²) in [5.41, 5.74) is 4.23. The zero-order valence-electron chi connectivity index (χ0n) is 19.0. The molecule has 0 spiro atoms. The van der Waals surface area contributed by atoms with Crippen molar-refractivity contribution in [3.63, 3.8) is 0 Å². The van der Waals surface area contributed by atoms with Crippen molar-refractivity contribution in [2.45, 2.75) is 25.3 Å². The van der Waals surface area contributed by atoms with Crippen molar-refractivity contribution in [2.24, 2.45) is 5.92 Å². The Balaban J connectivity index is 1.70. The van der Waals surface area contributed by atoms with Crippen molar-refractivity contribution in [2.75, 3.05) is 17.3 Å². The van der Waals surface area contributed by atoms with Gasteiger partial charge in [0.15, 0.2) is 0 Å². The summed E-state index contributed by atoms with van der Waals surface area (Å²) in [6.45, 7) is 1.54. The molecule has 3 aromatic carbocycles. The molecule has 0 aromatic heterocycles. The van der Waals surface area contributed by atoms with Crippen molar-refractivity contribution in [3.8, 4) is 5.75 Å². The number of ketones is 1. The van der Waals surface area contributed by atoms with Crippen LogP contribution in [-0.4, -0.2) is 18.8 Å². The molecule has 3 aromatic rings. The van der Waals surface area contributed by atoms with E-state index in [0.717, 1.165) is 28.2 Å². The van der Waals surface area contributed by atoms with E-state index in [1.165, 1.54) is 0 Å². The number of benzene rings is 3. The number of rotatable bonds is 3. The van der Waals surface area contributed by atoms with E-state index in [4.69, 9.17) is 16.3 Å². The lowest BCUT2D eigenvalue weighted by Gasteiger charge is -2.37. The van der Waals surface area contributed by atoms with Crippen LogP contribution < -0.4 is 15.0 Å². The predicted molar refractivity (Wildman–Crippen MR) is 134 cm³/mol. The standard InChI is InChI=1S/C28H25ClN2O3/c1-17(32)31-25-9-4-3-8-23(25)30-24-15-20(18-10-12-21(29)13-11-18)16-26(33)27(24)28(31)19-6-5-7-22(14-19)34-2/h3-15,20,27-28,30H,16H2,1-2H3. The molecule has 172 valence electrons. The van der Waals surface area contributed by atoms with Gasteiger partial charge in [-0.1, -0.05) is 54.1 Å². The molecule has 0 fully saturated rings. The molecule has 0 saturated heterocycles. The first kappa shape index (κ1) is 22.2. The number of fused-ring (bicyclic) bond motifs is 2. The lowest BCUT2D eigenvalue weighted by molar-refractivity contribution is -0.123. The first-order chi connectivity index (χ1) is 16.5. The molecule has 34 heavy (non-hydrogen) atoms. The van der Waals surface area contributed by atoms with E-state index in [0.29, 0.717) is 17.2 Å². The van der Waals surface area contributed by atoms with Gasteiger partial charge >= 0.3 is 0 Å². The zero-order chi connectivity index (χ0) is 23.8. The number of hydrogen-bond acceptors (Lipinski definition) is 4. The van der Waals surface area contributed by atoms with Crippen LogP contribution in [0.5, 0.6) is 5.75 Å². The van der Waals surface area contributed by atoms with E-state index >= 15 is 0 Å². The summed E-state index contributed by atoms with van der Waals surface area (Å²) in [6, 6.07) is 22.4. The molecule has 5 nitrogen and oxygen atoms in total. The van der Waals surface area contributed by atoms with Gasteiger partial charge in [-0.25, -0.2) is 0 Å². The Labute approximate surface area is 204 Å². The number of para-hydroxylation sites is 2. The fraction of sp³-hybridized carbons (Fsp3) is 0.214. The van der Waals surface area contributed by atoms with Gasteiger partial charge in [-0.3, -0.25) is 9.59 Å². The number of amides is 1. The minimum absolute atomic E-state index is 0.0782. The number of hydrogen-bond donors (Lipinski definition) is 1. The van der Waals surface area contributed by atoms with E-state index in [2.05, 4.69) is 11.4 Å². The van der Waals surface area contributed by atoms with Gasteiger partial charge in [0.1, 0.15) is 11.5 Å². The first-order valence-electron chi connectivity index (χ1n) is 11.3. The maximum atomic E-state index is 13.8. The zero-order valence-corrected chi connectivity index (χ0v) is 19.8. The third kappa shape index (κ3) is 3.97. The number of carbonyl (C=O) groups is 2. The highest BCUT2D eigenvalue weighted by Gasteiger charge is 2.44. The van der Waals surface area contributed by atoms with Crippen LogP contribution in [0.2, 0.25) is 5.02 Å². The van der Waals surface area contributed by atoms with Gasteiger partial charge in [0.05, 0.1) is 30.4 Å². The smallest absolute Gasteiger partial charge is 0.224 e. The van der Waals surface area contributed by atoms with Crippen molar-refractivity contribution in [1.29, 1.82) is 0 Å². The molecule has 0 radical (unpaired) electrons. The number of allylic oxidation sites excluding steroid dienone is 1. The summed E-state index contributed by atoms with van der Waals surface area (Å²) in [7, 11) is 1.61. The molecule has 0 saturated carbocycles. The van der Waals surface area contributed by atoms with E-state index in [1.54, 1.807) is 18.9 Å². The molecule has 1 heterocycles. The molecular weight excluding hydrogens is 448 g/mol. The minimum atomic E-state index is -0.535. The summed E-state index contributed by atoms with van der Waals surface area (Å²) in [5.74, 6) is 0.0181. The second-order valence-electron chi connectivity index (χ2n) is 8.68. The lowest BCUT2D eigenvalue weighted by atomic mass is 9.76. The number of carbonyl (C=O) groups excluding carboxylic acids is 2. The normalized spacial score (nSPS) is 21.5. The summed E-state index contributed by atoms with van der Waals surface area (Å²) in [5, 5.41) is 4.17. The summed E-state index contributed by atoms with van der Waals surface area (Å²) < 4.78 is 5.46. The van der Waals surface area contributed by atoms with Gasteiger partial charge in [-0.05, 0) is 47.5 Å². The molecule has 1 N–H and O–H groups in total. The highest BCUT2D eigenvalue weighted by molar-refractivity contribution is 6.30. The first-order valence-corrected chi connectivity index (χ1v) is 11.6. The van der Waals surface area contributed by atoms with Crippen LogP contribution in [0, 0.1) is 5.92 Å². The molecule has 2 aliphatic rings. The van der Waals surface area contributed by atoms with Crippen molar-refractivity contribution < 1.29 is 14.3 Å². The van der Waals surface area contributed by atoms with E-state index < -0.39 is 12.0 Å². The molecule has 1 aliphatic carbocycles. The largest absolute Gasteiger partial charge is 0.497 e. The maximum Gasteiger partial charge on any atom is 0.224 e. The number of methoxy groups -OCH3 is 1. The Kier molecular flexibility index (Phi) is 5.88. The Morgan fingerprint density at radius 3 is 2.53 bits per heavy atom. The molecule has 5 rings (SSSR count). The van der Waals surface area contributed by atoms with Crippen LogP contribution >= 0.6 is 11.6 Å². The highest BCUT2D eigenvalue weighted by atomic mass is 35.5. The molecule has 3 atom stereocenters. The number of ether oxygens (including phenoxy) is 1. The Morgan fingerprint density at radius 2 is 1.79 bits per heavy atom. The van der Waals surface area contributed by atoms with Crippen LogP contribution in [0.3, 0.4) is 0 Å². The molecule has 1 aliphatic heterocycles. The van der Waals surface area contributed by atoms with Crippen molar-refractivity contribution in [3.05, 3.63) is 101 Å². The van der Waals surface area contributed by atoms with Crippen LogP contribution in [0.4, 0.5) is 11.4 Å². The highest BCUT2D eigenvalue weighted by Crippen LogP contribution is 2.48. The molecule has 3 unspecified atom stereocenters. The quantitative estimate of drug-likeness (QED) is 0.498. The van der Waals surface area contributed by atoms with Crippen LogP contribution in [0.25, 0.3) is 0 Å². The predicted octanol–water partition coefficient (Wildman–Crippen LogP) is 6.13. The molecule has 6 heteroatoms. The van der Waals surface area contributed by atoms with E-state index in [-0.39, 0.29) is 17.6 Å². The van der Waals surface area contributed by atoms with E-state index in [1.807, 2.05) is 72.8 Å². The second-order valence-corrected chi connectivity index (χ2v) is 9.12. The topological polar surface area (TPSA) is 58.6 Å². The van der Waals surface area contributed by atoms with Gasteiger partial charge < -0.3 is 15.0 Å². The third-order valence-electron chi connectivity index (χ3n) is 6.59. The molecule has 1 amide bonds. The van der Waals surface area contributed by atoms with Crippen molar-refractivity contribution >= 4 is 34.7 Å². The fourth-order valence-electron chi connectivity index (χ4n) is 5.06. The number of nitrogens with one attached hydrogen (secondary N) is 1. The number of halogens is 1. The summed E-state index contributed by atoms with van der Waals surface area (Å²) >= 11 is 6.08. The van der Waals surface area contributed by atoms with Gasteiger partial charge in [-0.2, -0.15) is 0 Å². The van der Waals surface area contributed by atoms with Gasteiger partial charge in [0.2, 0.25) is 5.91 Å². The Bertz CT molecular complexity index is 1280. The van der Waals surface area contributed by atoms with Crippen LogP contribution in [-0.2, 0) is 9.59 Å². The number of nitrogens with zero attached hydrogens (tertiary/aromatic N) is 1. The average molecular weight is 473 g/mol. The van der Waals surface area contributed by atoms with Gasteiger partial charge in [0.25, 0.3) is 0 Å². The number of Topliss-reactive ketones (excluding diaryl/α,β-unsaturated/α-hetero) is 1. The Hall–Kier alpha value is -3.57. The van der Waals surface area contributed by atoms with Crippen LogP contribution in [0.15, 0.2) is 84.6 Å². The Morgan fingerprint density at radius 1 is 1.03 bits per heavy atom. The van der Waals surface area contributed by atoms with Gasteiger partial charge in [0, 0.05) is 30.0 Å². The average Bonchev–Trinajstić information content (AvgIpc) is 2.99. The fourth-order valence-corrected chi connectivity index (χ4v) is 5.19. The second kappa shape index (κ2) is 8.99.